The Labute approximate surface area is 138 Å². The molecule has 122 valence electrons. The molecule has 0 bridgehead atoms. The van der Waals surface area contributed by atoms with Gasteiger partial charge < -0.3 is 15.0 Å². The van der Waals surface area contributed by atoms with Crippen LogP contribution in [0.4, 0.5) is 4.79 Å². The summed E-state index contributed by atoms with van der Waals surface area (Å²) >= 11 is 0. The summed E-state index contributed by atoms with van der Waals surface area (Å²) in [4.78, 5) is 13.8. The van der Waals surface area contributed by atoms with Crippen molar-refractivity contribution in [2.75, 3.05) is 20.7 Å². The first-order chi connectivity index (χ1) is 11.1. The van der Waals surface area contributed by atoms with Crippen LogP contribution in [0.2, 0.25) is 0 Å². The van der Waals surface area contributed by atoms with E-state index in [2.05, 4.69) is 24.4 Å². The van der Waals surface area contributed by atoms with E-state index in [0.717, 1.165) is 17.7 Å². The standard InChI is InChI=1S/C19H24N2O2/c1-15-7-4-5-9-17(15)11-12-20-19(22)21(2)14-16-8-6-10-18(13-16)23-3/h4-10,13H,11-12,14H2,1-3H3,(H,20,22). The highest BCUT2D eigenvalue weighted by Crippen LogP contribution is 2.14. The summed E-state index contributed by atoms with van der Waals surface area (Å²) in [5, 5.41) is 2.96. The van der Waals surface area contributed by atoms with Crippen molar-refractivity contribution in [1.82, 2.24) is 10.2 Å². The van der Waals surface area contributed by atoms with Crippen LogP contribution in [0.15, 0.2) is 48.5 Å². The average Bonchev–Trinajstić information content (AvgIpc) is 2.56. The molecule has 0 aliphatic heterocycles. The first-order valence-corrected chi connectivity index (χ1v) is 7.76. The van der Waals surface area contributed by atoms with Crippen molar-refractivity contribution in [3.8, 4) is 5.75 Å². The summed E-state index contributed by atoms with van der Waals surface area (Å²) in [6.45, 7) is 3.27. The molecule has 0 spiro atoms. The quantitative estimate of drug-likeness (QED) is 0.888. The molecule has 0 saturated carbocycles. The Balaban J connectivity index is 1.82. The van der Waals surface area contributed by atoms with E-state index in [1.165, 1.54) is 11.1 Å². The number of carbonyl (C=O) groups is 1. The van der Waals surface area contributed by atoms with Crippen molar-refractivity contribution < 1.29 is 9.53 Å². The number of benzene rings is 2. The number of hydrogen-bond acceptors (Lipinski definition) is 2. The first-order valence-electron chi connectivity index (χ1n) is 7.76. The van der Waals surface area contributed by atoms with E-state index in [9.17, 15) is 4.79 Å². The van der Waals surface area contributed by atoms with Crippen molar-refractivity contribution in [2.24, 2.45) is 0 Å². The number of amides is 2. The number of methoxy groups -OCH3 is 1. The van der Waals surface area contributed by atoms with Gasteiger partial charge in [0, 0.05) is 20.1 Å². The Bertz CT molecular complexity index is 655. The minimum absolute atomic E-state index is 0.0681. The molecule has 0 aliphatic rings. The van der Waals surface area contributed by atoms with Gasteiger partial charge in [-0.3, -0.25) is 0 Å². The maximum Gasteiger partial charge on any atom is 0.317 e. The summed E-state index contributed by atoms with van der Waals surface area (Å²) in [5.41, 5.74) is 3.57. The zero-order valence-electron chi connectivity index (χ0n) is 14.0. The lowest BCUT2D eigenvalue weighted by molar-refractivity contribution is 0.207. The molecule has 4 nitrogen and oxygen atoms in total. The van der Waals surface area contributed by atoms with Crippen LogP contribution in [0.1, 0.15) is 16.7 Å². The molecule has 2 rings (SSSR count). The Morgan fingerprint density at radius 2 is 1.96 bits per heavy atom. The van der Waals surface area contributed by atoms with Crippen LogP contribution >= 0.6 is 0 Å². The second kappa shape index (κ2) is 8.22. The van der Waals surface area contributed by atoms with Gasteiger partial charge in [-0.1, -0.05) is 36.4 Å². The van der Waals surface area contributed by atoms with E-state index in [0.29, 0.717) is 13.1 Å². The summed E-state index contributed by atoms with van der Waals surface area (Å²) in [7, 11) is 3.43. The van der Waals surface area contributed by atoms with Gasteiger partial charge in [0.2, 0.25) is 0 Å². The maximum absolute atomic E-state index is 12.2. The Morgan fingerprint density at radius 3 is 2.70 bits per heavy atom. The van der Waals surface area contributed by atoms with Gasteiger partial charge in [0.05, 0.1) is 7.11 Å². The lowest BCUT2D eigenvalue weighted by Crippen LogP contribution is -2.37. The molecular formula is C19H24N2O2. The van der Waals surface area contributed by atoms with Gasteiger partial charge in [0.25, 0.3) is 0 Å². The van der Waals surface area contributed by atoms with Crippen molar-refractivity contribution in [3.05, 3.63) is 65.2 Å². The molecule has 2 amide bonds. The number of nitrogens with zero attached hydrogens (tertiary/aromatic N) is 1. The van der Waals surface area contributed by atoms with Crippen molar-refractivity contribution in [3.63, 3.8) is 0 Å². The molecule has 0 aliphatic carbocycles. The SMILES string of the molecule is COc1cccc(CN(C)C(=O)NCCc2ccccc2C)c1. The van der Waals surface area contributed by atoms with Crippen LogP contribution in [0.5, 0.6) is 5.75 Å². The number of ether oxygens (including phenoxy) is 1. The number of nitrogens with one attached hydrogen (secondary N) is 1. The molecule has 0 fully saturated rings. The lowest BCUT2D eigenvalue weighted by atomic mass is 10.1. The molecule has 0 saturated heterocycles. The number of aryl methyl sites for hydroxylation is 1. The third-order valence-corrected chi connectivity index (χ3v) is 3.83. The highest BCUT2D eigenvalue weighted by molar-refractivity contribution is 5.73. The van der Waals surface area contributed by atoms with Crippen LogP contribution in [0.25, 0.3) is 0 Å². The summed E-state index contributed by atoms with van der Waals surface area (Å²) in [5.74, 6) is 0.802. The van der Waals surface area contributed by atoms with Crippen LogP contribution in [0, 0.1) is 6.92 Å². The Kier molecular flexibility index (Phi) is 6.03. The van der Waals surface area contributed by atoms with E-state index >= 15 is 0 Å². The van der Waals surface area contributed by atoms with E-state index in [1.807, 2.05) is 36.4 Å². The van der Waals surface area contributed by atoms with Crippen LogP contribution in [-0.2, 0) is 13.0 Å². The molecule has 0 heterocycles. The Morgan fingerprint density at radius 1 is 1.17 bits per heavy atom. The van der Waals surface area contributed by atoms with Crippen LogP contribution < -0.4 is 10.1 Å². The Hall–Kier alpha value is -2.49. The van der Waals surface area contributed by atoms with Crippen LogP contribution in [0.3, 0.4) is 0 Å². The monoisotopic (exact) mass is 312 g/mol. The molecule has 4 heteroatoms. The third-order valence-electron chi connectivity index (χ3n) is 3.83. The van der Waals surface area contributed by atoms with Gasteiger partial charge in [-0.25, -0.2) is 4.79 Å². The van der Waals surface area contributed by atoms with Gasteiger partial charge in [-0.2, -0.15) is 0 Å². The number of rotatable bonds is 6. The summed E-state index contributed by atoms with van der Waals surface area (Å²) < 4.78 is 5.20. The fourth-order valence-electron chi connectivity index (χ4n) is 2.45. The highest BCUT2D eigenvalue weighted by Gasteiger charge is 2.09. The van der Waals surface area contributed by atoms with Crippen molar-refractivity contribution in [1.29, 1.82) is 0 Å². The summed E-state index contributed by atoms with van der Waals surface area (Å²) in [6.07, 6.45) is 0.839. The third kappa shape index (κ3) is 5.02. The normalized spacial score (nSPS) is 10.2. The second-order valence-corrected chi connectivity index (χ2v) is 5.62. The fraction of sp³-hybridized carbons (Fsp3) is 0.316. The van der Waals surface area contributed by atoms with Crippen LogP contribution in [-0.4, -0.2) is 31.6 Å². The van der Waals surface area contributed by atoms with Crippen molar-refractivity contribution >= 4 is 6.03 Å². The van der Waals surface area contributed by atoms with Gasteiger partial charge in [0.1, 0.15) is 5.75 Å². The molecule has 2 aromatic rings. The molecule has 2 aromatic carbocycles. The van der Waals surface area contributed by atoms with Crippen molar-refractivity contribution in [2.45, 2.75) is 19.9 Å². The first kappa shape index (κ1) is 16.9. The molecule has 0 radical (unpaired) electrons. The maximum atomic E-state index is 12.2. The zero-order chi connectivity index (χ0) is 16.7. The van der Waals surface area contributed by atoms with Gasteiger partial charge in [-0.05, 0) is 42.2 Å². The minimum atomic E-state index is -0.0681. The highest BCUT2D eigenvalue weighted by atomic mass is 16.5. The number of hydrogen-bond donors (Lipinski definition) is 1. The number of carbonyl (C=O) groups excluding carboxylic acids is 1. The largest absolute Gasteiger partial charge is 0.497 e. The molecule has 0 atom stereocenters. The lowest BCUT2D eigenvalue weighted by Gasteiger charge is -2.18. The predicted molar refractivity (Wildman–Crippen MR) is 92.7 cm³/mol. The molecular weight excluding hydrogens is 288 g/mol. The molecule has 23 heavy (non-hydrogen) atoms. The van der Waals surface area contributed by atoms with Gasteiger partial charge in [-0.15, -0.1) is 0 Å². The molecule has 0 aromatic heterocycles. The molecule has 0 unspecified atom stereocenters. The average molecular weight is 312 g/mol. The van der Waals surface area contributed by atoms with E-state index < -0.39 is 0 Å². The van der Waals surface area contributed by atoms with Gasteiger partial charge >= 0.3 is 6.03 Å². The predicted octanol–water partition coefficient (Wildman–Crippen LogP) is 3.39. The zero-order valence-corrected chi connectivity index (χ0v) is 14.0. The topological polar surface area (TPSA) is 41.6 Å². The van der Waals surface area contributed by atoms with E-state index in [1.54, 1.807) is 19.1 Å². The summed E-state index contributed by atoms with van der Waals surface area (Å²) in [6, 6.07) is 15.9. The van der Waals surface area contributed by atoms with Gasteiger partial charge in [0.15, 0.2) is 0 Å². The molecule has 1 N–H and O–H groups in total. The smallest absolute Gasteiger partial charge is 0.317 e. The number of urea groups is 1. The van der Waals surface area contributed by atoms with E-state index in [4.69, 9.17) is 4.74 Å². The minimum Gasteiger partial charge on any atom is -0.497 e. The fourth-order valence-corrected chi connectivity index (χ4v) is 2.45. The second-order valence-electron chi connectivity index (χ2n) is 5.62. The van der Waals surface area contributed by atoms with E-state index in [-0.39, 0.29) is 6.03 Å².